The van der Waals surface area contributed by atoms with Crippen molar-refractivity contribution in [3.8, 4) is 0 Å². The summed E-state index contributed by atoms with van der Waals surface area (Å²) >= 11 is 0. The molecule has 4 aliphatic rings. The first-order valence-electron chi connectivity index (χ1n) is 11.9. The molecular formula is C24H32FN5O3. The molecule has 1 aromatic rings. The van der Waals surface area contributed by atoms with Crippen LogP contribution < -0.4 is 4.90 Å². The molecule has 4 aliphatic heterocycles. The van der Waals surface area contributed by atoms with Crippen molar-refractivity contribution in [1.82, 2.24) is 14.7 Å². The fraction of sp³-hybridized carbons (Fsp3) is 0.625. The number of likely N-dealkylation sites (tertiary alicyclic amines) is 2. The highest BCUT2D eigenvalue weighted by Crippen LogP contribution is 2.48. The Morgan fingerprint density at radius 3 is 2.52 bits per heavy atom. The third-order valence-electron chi connectivity index (χ3n) is 7.77. The first-order chi connectivity index (χ1) is 15.9. The Labute approximate surface area is 193 Å². The number of anilines is 1. The molecule has 33 heavy (non-hydrogen) atoms. The molecule has 0 aliphatic carbocycles. The van der Waals surface area contributed by atoms with Crippen LogP contribution in [-0.4, -0.2) is 91.8 Å². The van der Waals surface area contributed by atoms with Gasteiger partial charge in [0.25, 0.3) is 5.91 Å². The van der Waals surface area contributed by atoms with E-state index in [1.807, 2.05) is 9.80 Å². The van der Waals surface area contributed by atoms with Crippen LogP contribution in [0.5, 0.6) is 0 Å². The maximum Gasteiger partial charge on any atom is 0.323 e. The molecule has 0 unspecified atom stereocenters. The number of hydrogen-bond donors (Lipinski definition) is 0. The van der Waals surface area contributed by atoms with Crippen LogP contribution in [0.3, 0.4) is 0 Å². The number of fused-ring (bicyclic) bond motifs is 2. The van der Waals surface area contributed by atoms with Crippen LogP contribution in [0.15, 0.2) is 23.4 Å². The normalized spacial score (nSPS) is 22.8. The van der Waals surface area contributed by atoms with Crippen LogP contribution in [0, 0.1) is 5.82 Å². The molecule has 4 heterocycles. The maximum atomic E-state index is 14.2. The smallest absolute Gasteiger partial charge is 0.323 e. The molecule has 1 aromatic carbocycles. The van der Waals surface area contributed by atoms with Gasteiger partial charge in [0, 0.05) is 57.3 Å². The highest BCUT2D eigenvalue weighted by atomic mass is 19.1. The lowest BCUT2D eigenvalue weighted by molar-refractivity contribution is -0.125. The van der Waals surface area contributed by atoms with E-state index in [-0.39, 0.29) is 23.2 Å². The largest absolute Gasteiger partial charge is 0.395 e. The average molecular weight is 458 g/mol. The standard InChI is InChI=1S/C24H32FN5O3/c1-27(2)23(32)30-16-24(19-15-17(25)3-4-21(19)30)8-12-28(13-9-24)18-5-10-29(11-6-18)22(31)20-7-14-33-26-20/h3-4,15,18H,5-14,16H2,1-2H3. The summed E-state index contributed by atoms with van der Waals surface area (Å²) in [7, 11) is 3.51. The van der Waals surface area contributed by atoms with Crippen molar-refractivity contribution in [1.29, 1.82) is 0 Å². The number of piperidine rings is 2. The number of oxime groups is 1. The molecule has 2 saturated heterocycles. The Hall–Kier alpha value is -2.68. The van der Waals surface area contributed by atoms with E-state index in [9.17, 15) is 14.0 Å². The molecule has 8 nitrogen and oxygen atoms in total. The first kappa shape index (κ1) is 22.1. The van der Waals surface area contributed by atoms with Crippen molar-refractivity contribution >= 4 is 23.3 Å². The number of nitrogens with zero attached hydrogens (tertiary/aromatic N) is 5. The zero-order valence-electron chi connectivity index (χ0n) is 19.4. The minimum Gasteiger partial charge on any atom is -0.395 e. The summed E-state index contributed by atoms with van der Waals surface area (Å²) in [4.78, 5) is 38.2. The summed E-state index contributed by atoms with van der Waals surface area (Å²) in [6, 6.07) is 5.21. The van der Waals surface area contributed by atoms with Crippen molar-refractivity contribution in [3.63, 3.8) is 0 Å². The van der Waals surface area contributed by atoms with Gasteiger partial charge in [-0.2, -0.15) is 0 Å². The van der Waals surface area contributed by atoms with Gasteiger partial charge >= 0.3 is 6.03 Å². The lowest BCUT2D eigenvalue weighted by atomic mass is 9.74. The predicted molar refractivity (Wildman–Crippen MR) is 123 cm³/mol. The third-order valence-corrected chi connectivity index (χ3v) is 7.77. The fourth-order valence-electron chi connectivity index (χ4n) is 5.87. The van der Waals surface area contributed by atoms with Crippen molar-refractivity contribution in [2.45, 2.75) is 43.6 Å². The van der Waals surface area contributed by atoms with E-state index < -0.39 is 0 Å². The van der Waals surface area contributed by atoms with Gasteiger partial charge in [-0.3, -0.25) is 9.69 Å². The minimum absolute atomic E-state index is 0.0128. The van der Waals surface area contributed by atoms with Crippen molar-refractivity contribution < 1.29 is 18.8 Å². The van der Waals surface area contributed by atoms with Crippen LogP contribution in [0.4, 0.5) is 14.9 Å². The van der Waals surface area contributed by atoms with Crippen LogP contribution in [0.2, 0.25) is 0 Å². The zero-order valence-corrected chi connectivity index (χ0v) is 19.4. The second-order valence-electron chi connectivity index (χ2n) is 9.89. The summed E-state index contributed by atoms with van der Waals surface area (Å²) in [5.74, 6) is -0.234. The molecule has 178 valence electrons. The van der Waals surface area contributed by atoms with Crippen LogP contribution in [0.25, 0.3) is 0 Å². The van der Waals surface area contributed by atoms with E-state index in [2.05, 4.69) is 10.1 Å². The van der Waals surface area contributed by atoms with Gasteiger partial charge in [0.1, 0.15) is 18.1 Å². The average Bonchev–Trinajstić information content (AvgIpc) is 3.46. The molecule has 0 atom stereocenters. The molecule has 1 spiro atoms. The van der Waals surface area contributed by atoms with Gasteiger partial charge in [-0.1, -0.05) is 5.16 Å². The van der Waals surface area contributed by atoms with Gasteiger partial charge in [0.05, 0.1) is 0 Å². The molecule has 0 bridgehead atoms. The van der Waals surface area contributed by atoms with E-state index in [4.69, 9.17) is 4.84 Å². The molecule has 3 amide bonds. The second kappa shape index (κ2) is 8.59. The van der Waals surface area contributed by atoms with Crippen molar-refractivity contribution in [2.75, 3.05) is 58.3 Å². The highest BCUT2D eigenvalue weighted by Gasteiger charge is 2.47. The number of carbonyl (C=O) groups is 2. The number of carbonyl (C=O) groups excluding carboxylic acids is 2. The zero-order chi connectivity index (χ0) is 23.2. The first-order valence-corrected chi connectivity index (χ1v) is 11.9. The lowest BCUT2D eigenvalue weighted by Crippen LogP contribution is -2.53. The SMILES string of the molecule is CN(C)C(=O)N1CC2(CCN(C3CCN(C(=O)C4=NOCC4)CC3)CC2)c2cc(F)ccc21. The number of halogens is 1. The van der Waals surface area contributed by atoms with Crippen molar-refractivity contribution in [2.24, 2.45) is 5.16 Å². The Kier molecular flexibility index (Phi) is 5.76. The molecule has 0 radical (unpaired) electrons. The lowest BCUT2D eigenvalue weighted by Gasteiger charge is -2.45. The summed E-state index contributed by atoms with van der Waals surface area (Å²) in [5, 5.41) is 3.87. The van der Waals surface area contributed by atoms with E-state index in [0.29, 0.717) is 31.3 Å². The van der Waals surface area contributed by atoms with Gasteiger partial charge in [-0.25, -0.2) is 9.18 Å². The monoisotopic (exact) mass is 457 g/mol. The maximum absolute atomic E-state index is 14.2. The number of rotatable bonds is 2. The second-order valence-corrected chi connectivity index (χ2v) is 9.89. The van der Waals surface area contributed by atoms with Crippen molar-refractivity contribution in [3.05, 3.63) is 29.6 Å². The van der Waals surface area contributed by atoms with Gasteiger partial charge < -0.3 is 19.5 Å². The number of benzene rings is 1. The van der Waals surface area contributed by atoms with Crippen LogP contribution in [0.1, 0.15) is 37.7 Å². The van der Waals surface area contributed by atoms with Crippen LogP contribution in [-0.2, 0) is 15.0 Å². The van der Waals surface area contributed by atoms with E-state index in [1.165, 1.54) is 6.07 Å². The van der Waals surface area contributed by atoms with Gasteiger partial charge in [0.2, 0.25) is 0 Å². The molecule has 0 N–H and O–H groups in total. The quantitative estimate of drug-likeness (QED) is 0.684. The Bertz CT molecular complexity index is 965. The number of urea groups is 1. The van der Waals surface area contributed by atoms with E-state index in [1.54, 1.807) is 31.1 Å². The fourth-order valence-corrected chi connectivity index (χ4v) is 5.87. The summed E-state index contributed by atoms with van der Waals surface area (Å²) in [6.07, 6.45) is 4.29. The van der Waals surface area contributed by atoms with E-state index >= 15 is 0 Å². The van der Waals surface area contributed by atoms with Gasteiger partial charge in [-0.05, 0) is 62.5 Å². The summed E-state index contributed by atoms with van der Waals surface area (Å²) in [5.41, 5.74) is 2.15. The Morgan fingerprint density at radius 2 is 1.88 bits per heavy atom. The number of hydrogen-bond acceptors (Lipinski definition) is 5. The predicted octanol–water partition coefficient (Wildman–Crippen LogP) is 2.43. The molecule has 0 aromatic heterocycles. The topological polar surface area (TPSA) is 68.7 Å². The van der Waals surface area contributed by atoms with Gasteiger partial charge in [0.15, 0.2) is 0 Å². The highest BCUT2D eigenvalue weighted by molar-refractivity contribution is 6.38. The molecule has 0 saturated carbocycles. The van der Waals surface area contributed by atoms with Crippen LogP contribution >= 0.6 is 0 Å². The molecule has 9 heteroatoms. The third kappa shape index (κ3) is 3.96. The van der Waals surface area contributed by atoms with Gasteiger partial charge in [-0.15, -0.1) is 0 Å². The number of amides is 3. The Morgan fingerprint density at radius 1 is 1.15 bits per heavy atom. The molecular weight excluding hydrogens is 425 g/mol. The minimum atomic E-state index is -0.246. The summed E-state index contributed by atoms with van der Waals surface area (Å²) in [6.45, 7) is 4.41. The molecule has 5 rings (SSSR count). The summed E-state index contributed by atoms with van der Waals surface area (Å²) < 4.78 is 14.2. The Balaban J connectivity index is 1.23. The van der Waals surface area contributed by atoms with E-state index in [0.717, 1.165) is 63.1 Å². The molecule has 2 fully saturated rings.